The van der Waals surface area contributed by atoms with E-state index in [1.807, 2.05) is 24.8 Å². The van der Waals surface area contributed by atoms with Crippen LogP contribution in [0.1, 0.15) is 220 Å². The predicted octanol–water partition coefficient (Wildman–Crippen LogP) is 14.9. The molecule has 0 unspecified atom stereocenters. The minimum Gasteiger partial charge on any atom is -0.257 e. The molecule has 6 nitrogen and oxygen atoms in total. The van der Waals surface area contributed by atoms with E-state index in [9.17, 15) is 0 Å². The van der Waals surface area contributed by atoms with Gasteiger partial charge in [0.15, 0.2) is 0 Å². The molecule has 0 N–H and O–H groups in total. The van der Waals surface area contributed by atoms with Crippen molar-refractivity contribution in [2.45, 2.75) is 152 Å². The molecule has 5 aromatic rings. The molecule has 4 saturated carbocycles. The van der Waals surface area contributed by atoms with Crippen molar-refractivity contribution in [3.8, 4) is 0 Å². The van der Waals surface area contributed by atoms with Crippen LogP contribution in [0.4, 0.5) is 0 Å². The van der Waals surface area contributed by atoms with Crippen molar-refractivity contribution < 1.29 is 0 Å². The topological polar surface area (TPSA) is 77.3 Å². The van der Waals surface area contributed by atoms with Crippen LogP contribution in [0.5, 0.6) is 0 Å². The lowest BCUT2D eigenvalue weighted by Gasteiger charge is -2.22. The van der Waals surface area contributed by atoms with Gasteiger partial charge in [0.1, 0.15) is 0 Å². The van der Waals surface area contributed by atoms with Gasteiger partial charge in [-0.3, -0.25) is 19.9 Å². The quantitative estimate of drug-likeness (QED) is 0.125. The van der Waals surface area contributed by atoms with E-state index in [-0.39, 0.29) is 0 Å². The first-order chi connectivity index (χ1) is 30.7. The average Bonchev–Trinajstić information content (AvgIpc) is 3.35. The van der Waals surface area contributed by atoms with Crippen molar-refractivity contribution in [1.29, 1.82) is 0 Å². The van der Waals surface area contributed by atoms with Gasteiger partial charge in [-0.05, 0) is 194 Å². The Balaban J connectivity index is 1.10. The van der Waals surface area contributed by atoms with Crippen molar-refractivity contribution >= 4 is 48.6 Å². The molecule has 6 heteroatoms. The van der Waals surface area contributed by atoms with Crippen molar-refractivity contribution in [3.05, 3.63) is 141 Å². The second-order valence-corrected chi connectivity index (χ2v) is 18.5. The lowest BCUT2D eigenvalue weighted by Crippen LogP contribution is -2.05. The van der Waals surface area contributed by atoms with Crippen LogP contribution in [0.25, 0.3) is 48.6 Å². The molecule has 5 aromatic heterocycles. The molecule has 0 aliphatic heterocycles. The summed E-state index contributed by atoms with van der Waals surface area (Å²) in [6.45, 7) is 0. The molecular weight excluding hydrogens is 757 g/mol. The van der Waals surface area contributed by atoms with E-state index in [2.05, 4.69) is 97.1 Å². The summed E-state index contributed by atoms with van der Waals surface area (Å²) >= 11 is 0. The van der Waals surface area contributed by atoms with E-state index in [4.69, 9.17) is 29.9 Å². The minimum absolute atomic E-state index is 0.611. The molecular formula is C56H64N6. The van der Waals surface area contributed by atoms with Gasteiger partial charge in [-0.15, -0.1) is 0 Å². The Morgan fingerprint density at radius 2 is 0.516 bits per heavy atom. The lowest BCUT2D eigenvalue weighted by atomic mass is 9.84. The first-order valence-corrected chi connectivity index (χ1v) is 24.2. The highest BCUT2D eigenvalue weighted by Gasteiger charge is 2.19. The predicted molar refractivity (Wildman–Crippen MR) is 258 cm³/mol. The molecule has 0 bridgehead atoms. The third-order valence-electron chi connectivity index (χ3n) is 14.2. The first-order valence-electron chi connectivity index (χ1n) is 24.2. The Hall–Kier alpha value is -5.36. The molecule has 318 valence electrons. The van der Waals surface area contributed by atoms with E-state index in [1.165, 1.54) is 151 Å². The highest BCUT2D eigenvalue weighted by Crippen LogP contribution is 2.36. The number of nitrogens with zero attached hydrogens (tertiary/aromatic N) is 6. The molecule has 0 amide bonds. The van der Waals surface area contributed by atoms with E-state index >= 15 is 0 Å². The fraction of sp³-hybridized carbons (Fsp3) is 0.429. The summed E-state index contributed by atoms with van der Waals surface area (Å²) in [5, 5.41) is 0. The second-order valence-electron chi connectivity index (χ2n) is 18.5. The van der Waals surface area contributed by atoms with Gasteiger partial charge in [0.2, 0.25) is 0 Å². The summed E-state index contributed by atoms with van der Waals surface area (Å²) in [4.78, 5) is 30.0. The molecule has 4 aliphatic rings. The molecule has 0 atom stereocenters. The standard InChI is InChI=1S/C56H64N6/c1-5-13-41(14-6-1)45-29-33-57-49(37-45)21-25-53-54(26-22-50-38-46(30-34-58-50)42-15-7-2-8-16-42)62-56(28-24-52-40-48(32-36-60-52)44-19-11-4-12-20-44)55(61-53)27-23-51-39-47(31-35-59-51)43-17-9-3-10-18-43/h21-44H,1-20H2. The Kier molecular flexibility index (Phi) is 14.3. The second kappa shape index (κ2) is 21.1. The summed E-state index contributed by atoms with van der Waals surface area (Å²) in [7, 11) is 0. The van der Waals surface area contributed by atoms with E-state index in [1.54, 1.807) is 0 Å². The number of rotatable bonds is 12. The highest BCUT2D eigenvalue weighted by molar-refractivity contribution is 5.80. The van der Waals surface area contributed by atoms with Crippen LogP contribution in [0.15, 0.2) is 73.3 Å². The van der Waals surface area contributed by atoms with E-state index < -0.39 is 0 Å². The summed E-state index contributed by atoms with van der Waals surface area (Å²) in [5.74, 6) is 2.44. The third kappa shape index (κ3) is 11.2. The molecule has 0 spiro atoms. The SMILES string of the molecule is C(=Cc1nc(C=Cc2cc(C3CCCCC3)ccn2)c(C=Cc2cc(C3CCCCC3)ccn2)nc1C=Cc1cc(C2CCCCC2)ccn1)c1cc(C2CCCCC2)ccn1. The van der Waals surface area contributed by atoms with Crippen molar-refractivity contribution in [1.82, 2.24) is 29.9 Å². The van der Waals surface area contributed by atoms with Gasteiger partial charge in [-0.1, -0.05) is 77.0 Å². The summed E-state index contributed by atoms with van der Waals surface area (Å²) in [5.41, 5.74) is 12.5. The lowest BCUT2D eigenvalue weighted by molar-refractivity contribution is 0.443. The zero-order chi connectivity index (χ0) is 41.8. The number of hydrogen-bond donors (Lipinski definition) is 0. The smallest absolute Gasteiger partial charge is 0.0895 e. The maximum Gasteiger partial charge on any atom is 0.0895 e. The van der Waals surface area contributed by atoms with Crippen LogP contribution in [-0.4, -0.2) is 29.9 Å². The first kappa shape index (κ1) is 42.0. The molecule has 5 heterocycles. The van der Waals surface area contributed by atoms with Gasteiger partial charge in [0.05, 0.1) is 45.6 Å². The number of hydrogen-bond acceptors (Lipinski definition) is 6. The third-order valence-corrected chi connectivity index (χ3v) is 14.2. The van der Waals surface area contributed by atoms with Crippen LogP contribution in [-0.2, 0) is 0 Å². The zero-order valence-corrected chi connectivity index (χ0v) is 36.7. The van der Waals surface area contributed by atoms with Gasteiger partial charge < -0.3 is 0 Å². The molecule has 4 fully saturated rings. The Morgan fingerprint density at radius 1 is 0.290 bits per heavy atom. The Labute approximate surface area is 370 Å². The number of pyridine rings is 4. The monoisotopic (exact) mass is 821 g/mol. The van der Waals surface area contributed by atoms with Gasteiger partial charge >= 0.3 is 0 Å². The highest BCUT2D eigenvalue weighted by atomic mass is 14.8. The Bertz CT molecular complexity index is 2040. The minimum atomic E-state index is 0.611. The van der Waals surface area contributed by atoms with Crippen molar-refractivity contribution in [2.75, 3.05) is 0 Å². The van der Waals surface area contributed by atoms with Crippen LogP contribution >= 0.6 is 0 Å². The maximum atomic E-state index is 5.40. The molecule has 0 aromatic carbocycles. The maximum absolute atomic E-state index is 5.40. The molecule has 9 rings (SSSR count). The van der Waals surface area contributed by atoms with E-state index in [0.717, 1.165) is 45.6 Å². The van der Waals surface area contributed by atoms with Crippen LogP contribution in [0.3, 0.4) is 0 Å². The summed E-state index contributed by atoms with van der Waals surface area (Å²) in [6, 6.07) is 17.9. The van der Waals surface area contributed by atoms with Gasteiger partial charge in [-0.2, -0.15) is 0 Å². The van der Waals surface area contributed by atoms with Crippen molar-refractivity contribution in [3.63, 3.8) is 0 Å². The number of aromatic nitrogens is 6. The fourth-order valence-corrected chi connectivity index (χ4v) is 10.6. The Morgan fingerprint density at radius 3 is 0.742 bits per heavy atom. The van der Waals surface area contributed by atoms with Crippen LogP contribution in [0.2, 0.25) is 0 Å². The van der Waals surface area contributed by atoms with Gasteiger partial charge in [-0.25, -0.2) is 9.97 Å². The fourth-order valence-electron chi connectivity index (χ4n) is 10.6. The summed E-state index contributed by atoms with van der Waals surface area (Å²) < 4.78 is 0. The van der Waals surface area contributed by atoms with Crippen LogP contribution in [0, 0.1) is 0 Å². The molecule has 4 aliphatic carbocycles. The normalized spacial score (nSPS) is 19.1. The van der Waals surface area contributed by atoms with Crippen LogP contribution < -0.4 is 0 Å². The van der Waals surface area contributed by atoms with Gasteiger partial charge in [0, 0.05) is 24.8 Å². The average molecular weight is 821 g/mol. The van der Waals surface area contributed by atoms with Crippen molar-refractivity contribution in [2.24, 2.45) is 0 Å². The molecule has 0 radical (unpaired) electrons. The summed E-state index contributed by atoms with van der Waals surface area (Å²) in [6.07, 6.45) is 50.5. The zero-order valence-electron chi connectivity index (χ0n) is 36.7. The largest absolute Gasteiger partial charge is 0.257 e. The van der Waals surface area contributed by atoms with E-state index in [0.29, 0.717) is 23.7 Å². The molecule has 0 saturated heterocycles. The van der Waals surface area contributed by atoms with Gasteiger partial charge in [0.25, 0.3) is 0 Å². The molecule has 62 heavy (non-hydrogen) atoms.